The average Bonchev–Trinajstić information content (AvgIpc) is 2.66. The van der Waals surface area contributed by atoms with Crippen LogP contribution in [0.25, 0.3) is 0 Å². The SMILES string of the molecule is O=C(OCC(=O)N1CCN(c2cccc(Cl)c2)CC1)C1=COCCO1. The van der Waals surface area contributed by atoms with Gasteiger partial charge in [-0.15, -0.1) is 0 Å². The normalized spacial score (nSPS) is 17.2. The van der Waals surface area contributed by atoms with Crippen LogP contribution in [0.5, 0.6) is 0 Å². The van der Waals surface area contributed by atoms with Crippen LogP contribution in [-0.4, -0.2) is 62.8 Å². The fraction of sp³-hybridized carbons (Fsp3) is 0.412. The number of halogens is 1. The lowest BCUT2D eigenvalue weighted by Gasteiger charge is -2.36. The van der Waals surface area contributed by atoms with E-state index in [0.717, 1.165) is 5.69 Å². The Morgan fingerprint density at radius 2 is 1.96 bits per heavy atom. The van der Waals surface area contributed by atoms with Gasteiger partial charge in [0.25, 0.3) is 5.91 Å². The number of carbonyl (C=O) groups excluding carboxylic acids is 2. The third-order valence-electron chi connectivity index (χ3n) is 3.98. The molecule has 25 heavy (non-hydrogen) atoms. The van der Waals surface area contributed by atoms with Crippen molar-refractivity contribution in [3.63, 3.8) is 0 Å². The first-order valence-electron chi connectivity index (χ1n) is 8.03. The summed E-state index contributed by atoms with van der Waals surface area (Å²) in [4.78, 5) is 27.8. The van der Waals surface area contributed by atoms with Gasteiger partial charge in [0.1, 0.15) is 19.5 Å². The zero-order valence-electron chi connectivity index (χ0n) is 13.7. The molecule has 134 valence electrons. The Hall–Kier alpha value is -2.41. The fourth-order valence-electron chi connectivity index (χ4n) is 2.65. The summed E-state index contributed by atoms with van der Waals surface area (Å²) in [7, 11) is 0. The monoisotopic (exact) mass is 366 g/mol. The minimum Gasteiger partial charge on any atom is -0.493 e. The van der Waals surface area contributed by atoms with Gasteiger partial charge in [0.15, 0.2) is 6.61 Å². The maximum atomic E-state index is 12.2. The molecule has 8 heteroatoms. The Bertz CT molecular complexity index is 671. The van der Waals surface area contributed by atoms with Gasteiger partial charge in [0.2, 0.25) is 5.76 Å². The molecule has 1 amide bonds. The molecule has 1 saturated heterocycles. The Labute approximate surface area is 150 Å². The molecule has 0 saturated carbocycles. The Kier molecular flexibility index (Phi) is 5.65. The van der Waals surface area contributed by atoms with Crippen molar-refractivity contribution in [3.05, 3.63) is 41.3 Å². The molecule has 0 bridgehead atoms. The molecule has 1 fully saturated rings. The smallest absolute Gasteiger partial charge is 0.377 e. The first-order chi connectivity index (χ1) is 12.1. The zero-order chi connectivity index (χ0) is 17.6. The molecule has 0 aromatic heterocycles. The highest BCUT2D eigenvalue weighted by atomic mass is 35.5. The number of ether oxygens (including phenoxy) is 3. The Morgan fingerprint density at radius 3 is 2.64 bits per heavy atom. The second-order valence-electron chi connectivity index (χ2n) is 5.63. The molecule has 0 radical (unpaired) electrons. The number of esters is 1. The Morgan fingerprint density at radius 1 is 1.16 bits per heavy atom. The van der Waals surface area contributed by atoms with Crippen molar-refractivity contribution in [2.45, 2.75) is 0 Å². The molecular formula is C17H19ClN2O5. The van der Waals surface area contributed by atoms with Crippen LogP contribution in [0.1, 0.15) is 0 Å². The van der Waals surface area contributed by atoms with E-state index in [1.807, 2.05) is 24.3 Å². The Balaban J connectivity index is 1.45. The van der Waals surface area contributed by atoms with E-state index in [9.17, 15) is 9.59 Å². The van der Waals surface area contributed by atoms with E-state index >= 15 is 0 Å². The van der Waals surface area contributed by atoms with Crippen molar-refractivity contribution in [1.29, 1.82) is 0 Å². The first-order valence-corrected chi connectivity index (χ1v) is 8.41. The maximum Gasteiger partial charge on any atom is 0.377 e. The summed E-state index contributed by atoms with van der Waals surface area (Å²) in [6.07, 6.45) is 1.21. The third-order valence-corrected chi connectivity index (χ3v) is 4.22. The molecule has 2 aliphatic rings. The van der Waals surface area contributed by atoms with E-state index in [-0.39, 0.29) is 18.3 Å². The van der Waals surface area contributed by atoms with Gasteiger partial charge in [0, 0.05) is 36.9 Å². The summed E-state index contributed by atoms with van der Waals surface area (Å²) in [5, 5.41) is 0.686. The summed E-state index contributed by atoms with van der Waals surface area (Å²) >= 11 is 6.01. The molecule has 3 rings (SSSR count). The van der Waals surface area contributed by atoms with Crippen LogP contribution in [0.4, 0.5) is 5.69 Å². The largest absolute Gasteiger partial charge is 0.493 e. The van der Waals surface area contributed by atoms with Crippen molar-refractivity contribution < 1.29 is 23.8 Å². The van der Waals surface area contributed by atoms with Crippen molar-refractivity contribution in [3.8, 4) is 0 Å². The highest BCUT2D eigenvalue weighted by Gasteiger charge is 2.24. The number of anilines is 1. The van der Waals surface area contributed by atoms with Crippen LogP contribution in [-0.2, 0) is 23.8 Å². The molecule has 7 nitrogen and oxygen atoms in total. The molecule has 0 atom stereocenters. The molecule has 0 aliphatic carbocycles. The minimum absolute atomic E-state index is 0.00942. The maximum absolute atomic E-state index is 12.2. The van der Waals surface area contributed by atoms with Crippen LogP contribution in [0.2, 0.25) is 5.02 Å². The van der Waals surface area contributed by atoms with Gasteiger partial charge in [0.05, 0.1) is 0 Å². The minimum atomic E-state index is -0.689. The fourth-order valence-corrected chi connectivity index (χ4v) is 2.84. The summed E-state index contributed by atoms with van der Waals surface area (Å²) in [6, 6.07) is 7.63. The van der Waals surface area contributed by atoms with Gasteiger partial charge in [-0.3, -0.25) is 4.79 Å². The van der Waals surface area contributed by atoms with Crippen molar-refractivity contribution in [2.75, 3.05) is 50.9 Å². The molecule has 1 aromatic rings. The molecule has 0 spiro atoms. The van der Waals surface area contributed by atoms with E-state index in [2.05, 4.69) is 4.90 Å². The number of hydrogen-bond donors (Lipinski definition) is 0. The van der Waals surface area contributed by atoms with Crippen molar-refractivity contribution in [1.82, 2.24) is 4.90 Å². The van der Waals surface area contributed by atoms with Gasteiger partial charge in [-0.25, -0.2) is 4.79 Å². The van der Waals surface area contributed by atoms with E-state index in [4.69, 9.17) is 25.8 Å². The first kappa shape index (κ1) is 17.4. The van der Waals surface area contributed by atoms with Gasteiger partial charge in [-0.05, 0) is 18.2 Å². The number of piperazine rings is 1. The number of hydrogen-bond acceptors (Lipinski definition) is 6. The molecule has 2 aliphatic heterocycles. The van der Waals surface area contributed by atoms with Gasteiger partial charge >= 0.3 is 5.97 Å². The van der Waals surface area contributed by atoms with E-state index in [1.54, 1.807) is 4.90 Å². The van der Waals surface area contributed by atoms with Crippen LogP contribution >= 0.6 is 11.6 Å². The zero-order valence-corrected chi connectivity index (χ0v) is 14.4. The highest BCUT2D eigenvalue weighted by Crippen LogP contribution is 2.20. The number of amides is 1. The summed E-state index contributed by atoms with van der Waals surface area (Å²) < 4.78 is 15.1. The number of benzene rings is 1. The lowest BCUT2D eigenvalue weighted by molar-refractivity contribution is -0.152. The van der Waals surface area contributed by atoms with Gasteiger partial charge in [-0.1, -0.05) is 17.7 Å². The van der Waals surface area contributed by atoms with Gasteiger partial charge in [-0.2, -0.15) is 0 Å². The number of nitrogens with zero attached hydrogens (tertiary/aromatic N) is 2. The van der Waals surface area contributed by atoms with Crippen LogP contribution in [0, 0.1) is 0 Å². The summed E-state index contributed by atoms with van der Waals surface area (Å²) in [5.74, 6) is -0.924. The predicted molar refractivity (Wildman–Crippen MR) is 91.2 cm³/mol. The lowest BCUT2D eigenvalue weighted by Crippen LogP contribution is -2.50. The lowest BCUT2D eigenvalue weighted by atomic mass is 10.2. The molecule has 0 N–H and O–H groups in total. The highest BCUT2D eigenvalue weighted by molar-refractivity contribution is 6.30. The van der Waals surface area contributed by atoms with E-state index < -0.39 is 5.97 Å². The van der Waals surface area contributed by atoms with Crippen molar-refractivity contribution in [2.24, 2.45) is 0 Å². The topological polar surface area (TPSA) is 68.3 Å². The third kappa shape index (κ3) is 4.57. The standard InChI is InChI=1S/C17H19ClN2O5/c18-13-2-1-3-14(10-13)19-4-6-20(7-5-19)16(21)12-25-17(22)15-11-23-8-9-24-15/h1-3,10-11H,4-9,12H2. The predicted octanol–water partition coefficient (Wildman–Crippen LogP) is 1.42. The van der Waals surface area contributed by atoms with E-state index in [0.29, 0.717) is 44.4 Å². The van der Waals surface area contributed by atoms with Gasteiger partial charge < -0.3 is 24.0 Å². The quantitative estimate of drug-likeness (QED) is 0.751. The summed E-state index contributed by atoms with van der Waals surface area (Å²) in [6.45, 7) is 2.89. The molecule has 2 heterocycles. The summed E-state index contributed by atoms with van der Waals surface area (Å²) in [5.41, 5.74) is 1.03. The average molecular weight is 367 g/mol. The van der Waals surface area contributed by atoms with Crippen LogP contribution in [0.3, 0.4) is 0 Å². The van der Waals surface area contributed by atoms with Crippen LogP contribution < -0.4 is 4.90 Å². The molecule has 1 aromatic carbocycles. The number of rotatable bonds is 4. The number of carbonyl (C=O) groups is 2. The van der Waals surface area contributed by atoms with Crippen molar-refractivity contribution >= 4 is 29.2 Å². The molecular weight excluding hydrogens is 348 g/mol. The van der Waals surface area contributed by atoms with E-state index in [1.165, 1.54) is 6.26 Å². The second-order valence-corrected chi connectivity index (χ2v) is 6.06. The second kappa shape index (κ2) is 8.11. The van der Waals surface area contributed by atoms with Crippen LogP contribution in [0.15, 0.2) is 36.3 Å². The molecule has 0 unspecified atom stereocenters.